The van der Waals surface area contributed by atoms with Crippen molar-refractivity contribution in [3.63, 3.8) is 0 Å². The number of halogens is 2. The van der Waals surface area contributed by atoms with E-state index < -0.39 is 20.2 Å². The summed E-state index contributed by atoms with van der Waals surface area (Å²) >= 11 is 6.43. The Hall–Kier alpha value is -0.520. The molecule has 0 aromatic carbocycles. The zero-order valence-electron chi connectivity index (χ0n) is 26.8. The Balaban J connectivity index is 3.97. The smallest absolute Gasteiger partial charge is 0.241 e. The van der Waals surface area contributed by atoms with Crippen molar-refractivity contribution in [3.05, 3.63) is 21.1 Å². The summed E-state index contributed by atoms with van der Waals surface area (Å²) in [5.41, 5.74) is 0.795. The van der Waals surface area contributed by atoms with Gasteiger partial charge in [0.25, 0.3) is 0 Å². The molecule has 0 N–H and O–H groups in total. The molecular formula is C34H60Br2O5P+. The number of rotatable bonds is 30. The predicted molar refractivity (Wildman–Crippen MR) is 185 cm³/mol. The van der Waals surface area contributed by atoms with Gasteiger partial charge in [0.15, 0.2) is 0 Å². The van der Waals surface area contributed by atoms with Gasteiger partial charge < -0.3 is 0 Å². The molecule has 0 amide bonds. The zero-order valence-corrected chi connectivity index (χ0v) is 30.9. The Morgan fingerprint density at radius 2 is 0.714 bits per heavy atom. The maximum Gasteiger partial charge on any atom is 0.812 e. The molecule has 0 heterocycles. The van der Waals surface area contributed by atoms with E-state index >= 15 is 0 Å². The largest absolute Gasteiger partial charge is 0.812 e. The average Bonchev–Trinajstić information content (AvgIpc) is 2.97. The second kappa shape index (κ2) is 31.9. The third-order valence-corrected chi connectivity index (χ3v) is 9.44. The van der Waals surface area contributed by atoms with Crippen LogP contribution in [0, 0.1) is 0 Å². The summed E-state index contributed by atoms with van der Waals surface area (Å²) < 4.78 is 22.1. The van der Waals surface area contributed by atoms with Crippen molar-refractivity contribution >= 4 is 52.1 Å². The normalized spacial score (nSPS) is 12.4. The van der Waals surface area contributed by atoms with Crippen molar-refractivity contribution in [2.75, 3.05) is 0 Å². The molecule has 0 fully saturated rings. The van der Waals surface area contributed by atoms with Crippen LogP contribution in [0.3, 0.4) is 0 Å². The van der Waals surface area contributed by atoms with E-state index in [1.54, 1.807) is 0 Å². The molecular weight excluding hydrogens is 679 g/mol. The van der Waals surface area contributed by atoms with Crippen molar-refractivity contribution < 1.29 is 23.2 Å². The molecule has 42 heavy (non-hydrogen) atoms. The summed E-state index contributed by atoms with van der Waals surface area (Å²) in [6, 6.07) is 0. The quantitative estimate of drug-likeness (QED) is 0.0417. The average molecular weight is 740 g/mol. The summed E-state index contributed by atoms with van der Waals surface area (Å²) in [7, 11) is -2.88. The minimum absolute atomic E-state index is 0.397. The molecule has 0 aliphatic carbocycles. The van der Waals surface area contributed by atoms with E-state index in [0.29, 0.717) is 24.0 Å². The van der Waals surface area contributed by atoms with E-state index in [4.69, 9.17) is 9.05 Å². The first-order valence-electron chi connectivity index (χ1n) is 17.0. The van der Waals surface area contributed by atoms with E-state index in [0.717, 1.165) is 38.5 Å². The van der Waals surface area contributed by atoms with Gasteiger partial charge in [0, 0.05) is 15.7 Å². The van der Waals surface area contributed by atoms with Gasteiger partial charge in [-0.1, -0.05) is 187 Å². The first-order valence-corrected chi connectivity index (χ1v) is 19.9. The molecule has 0 aliphatic heterocycles. The number of carbonyl (C=O) groups excluding carboxylic acids is 2. The molecule has 0 bridgehead atoms. The minimum Gasteiger partial charge on any atom is -0.241 e. The van der Waals surface area contributed by atoms with Gasteiger partial charge in [-0.05, 0) is 35.7 Å². The van der Waals surface area contributed by atoms with Crippen LogP contribution in [-0.4, -0.2) is 11.9 Å². The lowest BCUT2D eigenvalue weighted by Crippen LogP contribution is -2.08. The van der Waals surface area contributed by atoms with Gasteiger partial charge in [0.2, 0.25) is 0 Å². The molecule has 0 aromatic rings. The fourth-order valence-electron chi connectivity index (χ4n) is 4.99. The number of carbonyl (C=O) groups is 2. The van der Waals surface area contributed by atoms with E-state index in [9.17, 15) is 14.2 Å². The fourth-order valence-corrected chi connectivity index (χ4v) is 6.36. The first kappa shape index (κ1) is 41.5. The van der Waals surface area contributed by atoms with E-state index in [-0.39, 0.29) is 0 Å². The highest BCUT2D eigenvalue weighted by atomic mass is 79.9. The molecule has 0 spiro atoms. The summed E-state index contributed by atoms with van der Waals surface area (Å²) in [4.78, 5) is 27.9. The highest BCUT2D eigenvalue weighted by molar-refractivity contribution is 9.11. The fraction of sp³-hybridized carbons (Fsp3) is 0.824. The SMILES string of the molecule is CCCCCCCCCCCCCCC(=CBr)C(=O)O[P+](=O)OC(=O)C(=CBr)CCCCCCCCCCCCCC. The summed E-state index contributed by atoms with van der Waals surface area (Å²) in [5, 5.41) is 0. The van der Waals surface area contributed by atoms with Gasteiger partial charge in [-0.2, -0.15) is 9.05 Å². The molecule has 0 unspecified atom stereocenters. The zero-order chi connectivity index (χ0) is 31.1. The van der Waals surface area contributed by atoms with Crippen LogP contribution in [0.5, 0.6) is 0 Å². The Kier molecular flexibility index (Phi) is 31.5. The lowest BCUT2D eigenvalue weighted by Gasteiger charge is -2.04. The van der Waals surface area contributed by atoms with E-state index in [1.165, 1.54) is 126 Å². The highest BCUT2D eigenvalue weighted by Gasteiger charge is 2.33. The minimum atomic E-state index is -2.88. The van der Waals surface area contributed by atoms with Crippen LogP contribution < -0.4 is 0 Å². The molecule has 0 saturated heterocycles. The van der Waals surface area contributed by atoms with Gasteiger partial charge in [-0.15, -0.1) is 0 Å². The Morgan fingerprint density at radius 3 is 0.952 bits per heavy atom. The van der Waals surface area contributed by atoms with E-state index in [1.807, 2.05) is 0 Å². The maximum atomic E-state index is 12.4. The second-order valence-corrected chi connectivity index (χ2v) is 13.3. The summed E-state index contributed by atoms with van der Waals surface area (Å²) in [6.45, 7) is 4.50. The van der Waals surface area contributed by atoms with Crippen molar-refractivity contribution in [1.82, 2.24) is 0 Å². The van der Waals surface area contributed by atoms with Gasteiger partial charge in [-0.3, -0.25) is 0 Å². The van der Waals surface area contributed by atoms with Crippen LogP contribution in [0.1, 0.15) is 181 Å². The topological polar surface area (TPSA) is 69.7 Å². The molecule has 0 aromatic heterocycles. The van der Waals surface area contributed by atoms with Gasteiger partial charge >= 0.3 is 20.2 Å². The van der Waals surface area contributed by atoms with Gasteiger partial charge in [0.1, 0.15) is 0 Å². The molecule has 0 saturated carbocycles. The van der Waals surface area contributed by atoms with Crippen molar-refractivity contribution in [2.24, 2.45) is 0 Å². The van der Waals surface area contributed by atoms with Crippen LogP contribution in [0.4, 0.5) is 0 Å². The maximum absolute atomic E-state index is 12.4. The molecule has 0 rings (SSSR count). The van der Waals surface area contributed by atoms with E-state index in [2.05, 4.69) is 45.7 Å². The second-order valence-electron chi connectivity index (χ2n) is 11.5. The Bertz CT molecular complexity index is 694. The Morgan fingerprint density at radius 1 is 0.476 bits per heavy atom. The first-order chi connectivity index (χ1) is 20.5. The van der Waals surface area contributed by atoms with Crippen molar-refractivity contribution in [3.8, 4) is 0 Å². The highest BCUT2D eigenvalue weighted by Crippen LogP contribution is 2.30. The molecule has 0 aliphatic rings. The Labute approximate surface area is 276 Å². The van der Waals surface area contributed by atoms with Crippen molar-refractivity contribution in [1.29, 1.82) is 0 Å². The third kappa shape index (κ3) is 25.9. The lowest BCUT2D eigenvalue weighted by atomic mass is 10.0. The third-order valence-electron chi connectivity index (χ3n) is 7.70. The van der Waals surface area contributed by atoms with Crippen LogP contribution >= 0.6 is 40.1 Å². The number of hydrogen-bond donors (Lipinski definition) is 0. The number of unbranched alkanes of at least 4 members (excludes halogenated alkanes) is 22. The van der Waals surface area contributed by atoms with Crippen LogP contribution in [0.15, 0.2) is 21.1 Å². The lowest BCUT2D eigenvalue weighted by molar-refractivity contribution is -0.133. The molecule has 244 valence electrons. The monoisotopic (exact) mass is 737 g/mol. The van der Waals surface area contributed by atoms with Crippen LogP contribution in [0.2, 0.25) is 0 Å². The summed E-state index contributed by atoms with van der Waals surface area (Å²) in [6.07, 6.45) is 30.9. The van der Waals surface area contributed by atoms with Crippen molar-refractivity contribution in [2.45, 2.75) is 181 Å². The molecule has 0 radical (unpaired) electrons. The van der Waals surface area contributed by atoms with Crippen LogP contribution in [0.25, 0.3) is 0 Å². The molecule has 0 atom stereocenters. The van der Waals surface area contributed by atoms with Crippen LogP contribution in [-0.2, 0) is 23.2 Å². The standard InChI is InChI=1S/C34H60Br2O5P/c1-3-5-7-9-11-13-15-17-19-21-23-25-27-31(29-35)33(37)40-42(39)41-34(38)32(30-36)28-26-24-22-20-18-16-14-12-10-8-6-4-2/h29-30H,3-28H2,1-2H3/q+1. The predicted octanol–water partition coefficient (Wildman–Crippen LogP) is 13.5. The van der Waals surface area contributed by atoms with Gasteiger partial charge in [-0.25, -0.2) is 9.59 Å². The molecule has 5 nitrogen and oxygen atoms in total. The van der Waals surface area contributed by atoms with Gasteiger partial charge in [0.05, 0.1) is 0 Å². The number of hydrogen-bond acceptors (Lipinski definition) is 5. The molecule has 8 heteroatoms. The summed E-state index contributed by atoms with van der Waals surface area (Å²) in [5.74, 6) is -1.43.